The van der Waals surface area contributed by atoms with Crippen molar-refractivity contribution in [1.82, 2.24) is 18.8 Å². The van der Waals surface area contributed by atoms with Crippen molar-refractivity contribution in [1.29, 1.82) is 0 Å². The Morgan fingerprint density at radius 3 is 2.54 bits per heavy atom. The molecule has 0 saturated carbocycles. The second-order valence-corrected chi connectivity index (χ2v) is 8.17. The summed E-state index contributed by atoms with van der Waals surface area (Å²) < 4.78 is 30.1. The summed E-state index contributed by atoms with van der Waals surface area (Å²) in [6.07, 6.45) is 2.61. The molecule has 1 aliphatic rings. The van der Waals surface area contributed by atoms with E-state index in [4.69, 9.17) is 0 Å². The van der Waals surface area contributed by atoms with Crippen LogP contribution in [0.1, 0.15) is 25.1 Å². The van der Waals surface area contributed by atoms with E-state index >= 15 is 0 Å². The fourth-order valence-electron chi connectivity index (χ4n) is 3.53. The molecule has 0 saturated heterocycles. The van der Waals surface area contributed by atoms with Gasteiger partial charge in [0.2, 0.25) is 10.0 Å². The van der Waals surface area contributed by atoms with Crippen molar-refractivity contribution < 1.29 is 8.42 Å². The molecule has 26 heavy (non-hydrogen) atoms. The Labute approximate surface area is 149 Å². The predicted octanol–water partition coefficient (Wildman–Crippen LogP) is 1.17. The molecule has 3 heterocycles. The Bertz CT molecular complexity index is 1210. The maximum absolute atomic E-state index is 13.2. The second-order valence-electron chi connectivity index (χ2n) is 6.28. The Morgan fingerprint density at radius 2 is 1.81 bits per heavy atom. The molecule has 0 spiro atoms. The highest BCUT2D eigenvalue weighted by Crippen LogP contribution is 2.33. The zero-order valence-electron chi connectivity index (χ0n) is 14.1. The lowest BCUT2D eigenvalue weighted by atomic mass is 10.1. The molecule has 0 aliphatic carbocycles. The molecule has 9 heteroatoms. The number of aromatic amines is 2. The highest BCUT2D eigenvalue weighted by atomic mass is 32.2. The number of benzene rings is 1. The predicted molar refractivity (Wildman–Crippen MR) is 96.5 cm³/mol. The molecule has 2 N–H and O–H groups in total. The van der Waals surface area contributed by atoms with Crippen molar-refractivity contribution in [2.45, 2.75) is 30.8 Å². The Kier molecular flexibility index (Phi) is 3.85. The maximum Gasteiger partial charge on any atom is 0.314 e. The zero-order valence-corrected chi connectivity index (χ0v) is 14.9. The first-order chi connectivity index (χ1) is 12.4. The minimum Gasteiger partial charge on any atom is -0.349 e. The summed E-state index contributed by atoms with van der Waals surface area (Å²) in [4.78, 5) is 27.9. The van der Waals surface area contributed by atoms with Gasteiger partial charge in [-0.15, -0.1) is 0 Å². The first kappa shape index (κ1) is 16.8. The van der Waals surface area contributed by atoms with E-state index in [1.807, 2.05) is 25.3 Å². The van der Waals surface area contributed by atoms with E-state index in [0.29, 0.717) is 25.0 Å². The smallest absolute Gasteiger partial charge is 0.314 e. The largest absolute Gasteiger partial charge is 0.349 e. The van der Waals surface area contributed by atoms with Gasteiger partial charge in [-0.3, -0.25) is 9.59 Å². The van der Waals surface area contributed by atoms with Gasteiger partial charge in [0.1, 0.15) is 0 Å². The van der Waals surface area contributed by atoms with Crippen molar-refractivity contribution in [2.24, 2.45) is 0 Å². The van der Waals surface area contributed by atoms with Crippen LogP contribution in [0.2, 0.25) is 0 Å². The number of nitrogens with zero attached hydrogens (tertiary/aromatic N) is 2. The zero-order chi connectivity index (χ0) is 18.5. The van der Waals surface area contributed by atoms with E-state index in [1.165, 1.54) is 22.5 Å². The van der Waals surface area contributed by atoms with Crippen molar-refractivity contribution in [3.63, 3.8) is 0 Å². The van der Waals surface area contributed by atoms with E-state index in [1.54, 1.807) is 0 Å². The van der Waals surface area contributed by atoms with Crippen LogP contribution in [-0.2, 0) is 16.6 Å². The van der Waals surface area contributed by atoms with Crippen LogP contribution in [-0.4, -0.2) is 33.8 Å². The third-order valence-corrected chi connectivity index (χ3v) is 6.71. The van der Waals surface area contributed by atoms with Crippen LogP contribution in [0, 0.1) is 0 Å². The summed E-state index contributed by atoms with van der Waals surface area (Å²) in [5.74, 6) is 0. The van der Waals surface area contributed by atoms with Crippen LogP contribution in [0.15, 0.2) is 51.0 Å². The molecule has 4 rings (SSSR count). The van der Waals surface area contributed by atoms with Gasteiger partial charge < -0.3 is 14.5 Å². The Morgan fingerprint density at radius 1 is 1.08 bits per heavy atom. The van der Waals surface area contributed by atoms with Crippen molar-refractivity contribution in [3.05, 3.63) is 62.9 Å². The quantitative estimate of drug-likeness (QED) is 0.671. The van der Waals surface area contributed by atoms with Gasteiger partial charge >= 0.3 is 11.1 Å². The third kappa shape index (κ3) is 2.51. The van der Waals surface area contributed by atoms with Gasteiger partial charge in [0.05, 0.1) is 22.0 Å². The van der Waals surface area contributed by atoms with E-state index < -0.39 is 21.1 Å². The maximum atomic E-state index is 13.2. The molecule has 0 unspecified atom stereocenters. The van der Waals surface area contributed by atoms with Gasteiger partial charge in [-0.1, -0.05) is 6.92 Å². The molecular weight excluding hydrogens is 356 g/mol. The van der Waals surface area contributed by atoms with Gasteiger partial charge in [0.25, 0.3) is 0 Å². The highest BCUT2D eigenvalue weighted by molar-refractivity contribution is 7.89. The number of aromatic nitrogens is 3. The van der Waals surface area contributed by atoms with Gasteiger partial charge in [-0.05, 0) is 36.8 Å². The van der Waals surface area contributed by atoms with Gasteiger partial charge in [0, 0.05) is 25.0 Å². The molecule has 8 nitrogen and oxygen atoms in total. The SMILES string of the molecule is CC[C@@H]1c2cccn2CCN1S(=O)(=O)c1ccc2[nH]c(=O)c(=O)[nH]c2c1. The van der Waals surface area contributed by atoms with E-state index in [9.17, 15) is 18.0 Å². The molecule has 136 valence electrons. The number of sulfonamides is 1. The molecule has 1 aromatic carbocycles. The topological polar surface area (TPSA) is 108 Å². The van der Waals surface area contributed by atoms with Crippen molar-refractivity contribution >= 4 is 21.1 Å². The number of nitrogens with one attached hydrogen (secondary N) is 2. The van der Waals surface area contributed by atoms with Gasteiger partial charge in [0.15, 0.2) is 0 Å². The lowest BCUT2D eigenvalue weighted by molar-refractivity contribution is 0.260. The highest BCUT2D eigenvalue weighted by Gasteiger charge is 2.35. The normalized spacial score (nSPS) is 18.1. The van der Waals surface area contributed by atoms with Crippen LogP contribution in [0.25, 0.3) is 11.0 Å². The summed E-state index contributed by atoms with van der Waals surface area (Å²) in [7, 11) is -3.75. The monoisotopic (exact) mass is 374 g/mol. The molecule has 2 aromatic heterocycles. The Balaban J connectivity index is 1.81. The number of fused-ring (bicyclic) bond motifs is 2. The summed E-state index contributed by atoms with van der Waals surface area (Å²) in [6.45, 7) is 2.93. The summed E-state index contributed by atoms with van der Waals surface area (Å²) >= 11 is 0. The minimum atomic E-state index is -3.75. The number of rotatable bonds is 3. The first-order valence-corrected chi connectivity index (χ1v) is 9.79. The molecule has 1 aliphatic heterocycles. The third-order valence-electron chi connectivity index (χ3n) is 4.80. The summed E-state index contributed by atoms with van der Waals surface area (Å²) in [5, 5.41) is 0. The van der Waals surface area contributed by atoms with Crippen LogP contribution < -0.4 is 11.1 Å². The summed E-state index contributed by atoms with van der Waals surface area (Å²) in [6, 6.07) is 7.96. The molecule has 3 aromatic rings. The lowest BCUT2D eigenvalue weighted by Gasteiger charge is -2.35. The molecular formula is C17H18N4O4S. The van der Waals surface area contributed by atoms with Crippen molar-refractivity contribution in [3.8, 4) is 0 Å². The average molecular weight is 374 g/mol. The van der Waals surface area contributed by atoms with E-state index in [2.05, 4.69) is 14.5 Å². The van der Waals surface area contributed by atoms with E-state index in [-0.39, 0.29) is 16.5 Å². The molecule has 0 bridgehead atoms. The molecule has 0 amide bonds. The van der Waals surface area contributed by atoms with Crippen LogP contribution in [0.5, 0.6) is 0 Å². The Hall–Kier alpha value is -2.65. The standard InChI is InChI=1S/C17H18N4O4S/c1-2-14-15-4-3-7-20(15)8-9-21(14)26(24,25)11-5-6-12-13(10-11)19-17(23)16(22)18-12/h3-7,10,14H,2,8-9H2,1H3,(H,18,22)(H,19,23)/t14-/m1/s1. The average Bonchev–Trinajstić information content (AvgIpc) is 3.10. The van der Waals surface area contributed by atoms with Crippen LogP contribution in [0.3, 0.4) is 0 Å². The molecule has 0 fully saturated rings. The number of H-pyrrole nitrogens is 2. The minimum absolute atomic E-state index is 0.0890. The van der Waals surface area contributed by atoms with Crippen LogP contribution in [0.4, 0.5) is 0 Å². The fraction of sp³-hybridized carbons (Fsp3) is 0.294. The summed E-state index contributed by atoms with van der Waals surface area (Å²) in [5.41, 5.74) is 0.0586. The van der Waals surface area contributed by atoms with Gasteiger partial charge in [-0.2, -0.15) is 4.31 Å². The lowest BCUT2D eigenvalue weighted by Crippen LogP contribution is -2.41. The molecule has 1 atom stereocenters. The fourth-order valence-corrected chi connectivity index (χ4v) is 5.23. The van der Waals surface area contributed by atoms with Crippen LogP contribution >= 0.6 is 0 Å². The molecule has 0 radical (unpaired) electrons. The number of hydrogen-bond acceptors (Lipinski definition) is 4. The number of hydrogen-bond donors (Lipinski definition) is 2. The van der Waals surface area contributed by atoms with Crippen molar-refractivity contribution in [2.75, 3.05) is 6.54 Å². The first-order valence-electron chi connectivity index (χ1n) is 8.35. The second kappa shape index (κ2) is 5.96. The van der Waals surface area contributed by atoms with Gasteiger partial charge in [-0.25, -0.2) is 8.42 Å². The van der Waals surface area contributed by atoms with E-state index in [0.717, 1.165) is 5.69 Å².